The number of methoxy groups -OCH3 is 1. The van der Waals surface area contributed by atoms with Gasteiger partial charge >= 0.3 is 11.8 Å². The first kappa shape index (κ1) is 21.5. The number of carbonyl (C=O) groups excluding carboxylic acids is 2. The molecule has 0 aromatic heterocycles. The van der Waals surface area contributed by atoms with Crippen molar-refractivity contribution in [1.82, 2.24) is 5.43 Å². The predicted octanol–water partition coefficient (Wildman–Crippen LogP) is 3.50. The van der Waals surface area contributed by atoms with E-state index < -0.39 is 17.6 Å². The fourth-order valence-corrected chi connectivity index (χ4v) is 2.56. The van der Waals surface area contributed by atoms with Crippen LogP contribution in [0, 0.1) is 5.82 Å². The molecule has 0 saturated heterocycles. The Bertz CT molecular complexity index is 1070. The van der Waals surface area contributed by atoms with Crippen molar-refractivity contribution in [3.63, 3.8) is 0 Å². The van der Waals surface area contributed by atoms with Crippen LogP contribution in [0.2, 0.25) is 0 Å². The van der Waals surface area contributed by atoms with Gasteiger partial charge in [-0.25, -0.2) is 9.82 Å². The zero-order valence-corrected chi connectivity index (χ0v) is 16.7. The summed E-state index contributed by atoms with van der Waals surface area (Å²) in [7, 11) is 1.54. The van der Waals surface area contributed by atoms with Crippen LogP contribution in [-0.2, 0) is 16.2 Å². The molecule has 0 saturated carbocycles. The molecule has 31 heavy (non-hydrogen) atoms. The Kier molecular flexibility index (Phi) is 7.31. The second kappa shape index (κ2) is 10.5. The number of benzene rings is 3. The van der Waals surface area contributed by atoms with Gasteiger partial charge in [-0.3, -0.25) is 9.59 Å². The van der Waals surface area contributed by atoms with Crippen LogP contribution < -0.4 is 20.2 Å². The maximum absolute atomic E-state index is 12.9. The molecule has 3 rings (SSSR count). The van der Waals surface area contributed by atoms with E-state index in [2.05, 4.69) is 15.8 Å². The van der Waals surface area contributed by atoms with E-state index in [9.17, 15) is 14.0 Å². The lowest BCUT2D eigenvalue weighted by Crippen LogP contribution is -2.32. The summed E-state index contributed by atoms with van der Waals surface area (Å²) in [6.07, 6.45) is 1.37. The molecule has 0 fully saturated rings. The molecule has 0 bridgehead atoms. The van der Waals surface area contributed by atoms with Gasteiger partial charge in [-0.05, 0) is 53.6 Å². The molecule has 2 amide bonds. The number of rotatable bonds is 7. The standard InChI is InChI=1S/C23H20FN3O4/c1-30-20-12-7-17(13-21(20)31-15-16-5-3-2-4-6-16)14-25-27-23(29)22(28)26-19-10-8-18(24)9-11-19/h2-14H,15H2,1H3,(H,26,28)(H,27,29)/b25-14+. The normalized spacial score (nSPS) is 10.5. The molecule has 0 unspecified atom stereocenters. The van der Waals surface area contributed by atoms with Crippen molar-refractivity contribution < 1.29 is 23.5 Å². The van der Waals surface area contributed by atoms with Crippen molar-refractivity contribution in [2.75, 3.05) is 12.4 Å². The van der Waals surface area contributed by atoms with E-state index >= 15 is 0 Å². The highest BCUT2D eigenvalue weighted by molar-refractivity contribution is 6.39. The maximum Gasteiger partial charge on any atom is 0.329 e. The third-order valence-electron chi connectivity index (χ3n) is 4.11. The predicted molar refractivity (Wildman–Crippen MR) is 115 cm³/mol. The largest absolute Gasteiger partial charge is 0.493 e. The number of nitrogens with zero attached hydrogens (tertiary/aromatic N) is 1. The first-order valence-corrected chi connectivity index (χ1v) is 9.30. The van der Waals surface area contributed by atoms with E-state index in [0.29, 0.717) is 29.4 Å². The topological polar surface area (TPSA) is 89.0 Å². The number of ether oxygens (including phenoxy) is 2. The lowest BCUT2D eigenvalue weighted by atomic mass is 10.2. The van der Waals surface area contributed by atoms with Crippen LogP contribution in [0.3, 0.4) is 0 Å². The summed E-state index contributed by atoms with van der Waals surface area (Å²) >= 11 is 0. The summed E-state index contributed by atoms with van der Waals surface area (Å²) in [6, 6.07) is 19.9. The van der Waals surface area contributed by atoms with Crippen molar-refractivity contribution >= 4 is 23.7 Å². The highest BCUT2D eigenvalue weighted by Gasteiger charge is 2.13. The molecule has 0 aliphatic carbocycles. The summed E-state index contributed by atoms with van der Waals surface area (Å²) in [6.45, 7) is 0.359. The molecule has 2 N–H and O–H groups in total. The molecule has 0 heterocycles. The second-order valence-corrected chi connectivity index (χ2v) is 6.34. The highest BCUT2D eigenvalue weighted by Crippen LogP contribution is 2.28. The summed E-state index contributed by atoms with van der Waals surface area (Å²) in [4.78, 5) is 23.7. The fraction of sp³-hybridized carbons (Fsp3) is 0.0870. The Balaban J connectivity index is 1.58. The number of hydrogen-bond acceptors (Lipinski definition) is 5. The number of hydrazone groups is 1. The molecule has 0 aliphatic rings. The Morgan fingerprint density at radius 1 is 0.968 bits per heavy atom. The zero-order chi connectivity index (χ0) is 22.1. The van der Waals surface area contributed by atoms with E-state index in [0.717, 1.165) is 5.56 Å². The van der Waals surface area contributed by atoms with E-state index in [4.69, 9.17) is 9.47 Å². The lowest BCUT2D eigenvalue weighted by molar-refractivity contribution is -0.136. The van der Waals surface area contributed by atoms with Gasteiger partial charge in [0.1, 0.15) is 12.4 Å². The van der Waals surface area contributed by atoms with Gasteiger partial charge in [0.25, 0.3) is 0 Å². The summed E-state index contributed by atoms with van der Waals surface area (Å²) in [5, 5.41) is 6.14. The van der Waals surface area contributed by atoms with Gasteiger partial charge in [0, 0.05) is 5.69 Å². The third-order valence-corrected chi connectivity index (χ3v) is 4.11. The van der Waals surface area contributed by atoms with E-state index in [-0.39, 0.29) is 0 Å². The maximum atomic E-state index is 12.9. The first-order chi connectivity index (χ1) is 15.0. The molecule has 0 aliphatic heterocycles. The number of anilines is 1. The van der Waals surface area contributed by atoms with Crippen LogP contribution in [0.4, 0.5) is 10.1 Å². The molecular formula is C23H20FN3O4. The molecule has 0 spiro atoms. The number of nitrogens with one attached hydrogen (secondary N) is 2. The third kappa shape index (κ3) is 6.40. The van der Waals surface area contributed by atoms with Crippen LogP contribution in [0.15, 0.2) is 77.9 Å². The molecule has 3 aromatic carbocycles. The Labute approximate surface area is 178 Å². The van der Waals surface area contributed by atoms with Crippen molar-refractivity contribution in [2.45, 2.75) is 6.61 Å². The van der Waals surface area contributed by atoms with Crippen LogP contribution in [-0.4, -0.2) is 25.1 Å². The first-order valence-electron chi connectivity index (χ1n) is 9.30. The molecule has 0 radical (unpaired) electrons. The average molecular weight is 421 g/mol. The number of carbonyl (C=O) groups is 2. The summed E-state index contributed by atoms with van der Waals surface area (Å²) < 4.78 is 24.0. The van der Waals surface area contributed by atoms with E-state index in [1.54, 1.807) is 25.3 Å². The molecule has 158 valence electrons. The SMILES string of the molecule is COc1ccc(/C=N/NC(=O)C(=O)Nc2ccc(F)cc2)cc1OCc1ccccc1. The van der Waals surface area contributed by atoms with Gasteiger partial charge in [-0.1, -0.05) is 30.3 Å². The molecule has 3 aromatic rings. The van der Waals surface area contributed by atoms with Gasteiger partial charge < -0.3 is 14.8 Å². The summed E-state index contributed by atoms with van der Waals surface area (Å²) in [5.41, 5.74) is 4.06. The van der Waals surface area contributed by atoms with Crippen molar-refractivity contribution in [3.05, 3.63) is 89.7 Å². The van der Waals surface area contributed by atoms with Crippen LogP contribution in [0.1, 0.15) is 11.1 Å². The minimum atomic E-state index is -0.963. The minimum Gasteiger partial charge on any atom is -0.493 e. The van der Waals surface area contributed by atoms with Crippen molar-refractivity contribution in [3.8, 4) is 11.5 Å². The number of halogens is 1. The summed E-state index contributed by atoms with van der Waals surface area (Å²) in [5.74, 6) is -1.27. The fourth-order valence-electron chi connectivity index (χ4n) is 2.56. The van der Waals surface area contributed by atoms with E-state index in [1.165, 1.54) is 30.5 Å². The highest BCUT2D eigenvalue weighted by atomic mass is 19.1. The lowest BCUT2D eigenvalue weighted by Gasteiger charge is -2.11. The number of hydrogen-bond donors (Lipinski definition) is 2. The Morgan fingerprint density at radius 2 is 1.71 bits per heavy atom. The van der Waals surface area contributed by atoms with Gasteiger partial charge in [-0.15, -0.1) is 0 Å². The van der Waals surface area contributed by atoms with Crippen molar-refractivity contribution in [2.24, 2.45) is 5.10 Å². The smallest absolute Gasteiger partial charge is 0.329 e. The second-order valence-electron chi connectivity index (χ2n) is 6.34. The number of amides is 2. The van der Waals surface area contributed by atoms with Crippen LogP contribution >= 0.6 is 0 Å². The molecular weight excluding hydrogens is 401 g/mol. The average Bonchev–Trinajstić information content (AvgIpc) is 2.80. The minimum absolute atomic E-state index is 0.292. The van der Waals surface area contributed by atoms with Crippen LogP contribution in [0.25, 0.3) is 0 Å². The molecule has 7 nitrogen and oxygen atoms in total. The van der Waals surface area contributed by atoms with Crippen LogP contribution in [0.5, 0.6) is 11.5 Å². The van der Waals surface area contributed by atoms with Crippen molar-refractivity contribution in [1.29, 1.82) is 0 Å². The van der Waals surface area contributed by atoms with E-state index in [1.807, 2.05) is 30.3 Å². The van der Waals surface area contributed by atoms with Gasteiger partial charge in [0.05, 0.1) is 13.3 Å². The Hall–Kier alpha value is -4.20. The van der Waals surface area contributed by atoms with Gasteiger partial charge in [0.15, 0.2) is 11.5 Å². The Morgan fingerprint density at radius 3 is 2.42 bits per heavy atom. The zero-order valence-electron chi connectivity index (χ0n) is 16.7. The van der Waals surface area contributed by atoms with Gasteiger partial charge in [0.2, 0.25) is 0 Å². The quantitative estimate of drug-likeness (QED) is 0.347. The van der Waals surface area contributed by atoms with Gasteiger partial charge in [-0.2, -0.15) is 5.10 Å². The molecule has 0 atom stereocenters. The monoisotopic (exact) mass is 421 g/mol. The molecule has 8 heteroatoms.